The molecule has 1 rings (SSSR count). The summed E-state index contributed by atoms with van der Waals surface area (Å²) in [6, 6.07) is 3.53. The minimum atomic E-state index is -1.13. The molecule has 0 fully saturated rings. The minimum Gasteiger partial charge on any atom is -0.493 e. The number of benzene rings is 1. The first-order valence-corrected chi connectivity index (χ1v) is 7.28. The third kappa shape index (κ3) is 5.02. The van der Waals surface area contributed by atoms with Crippen molar-refractivity contribution < 1.29 is 33.6 Å². The van der Waals surface area contributed by atoms with Crippen molar-refractivity contribution in [3.63, 3.8) is 0 Å². The van der Waals surface area contributed by atoms with Crippen LogP contribution in [0.2, 0.25) is 0 Å². The minimum absolute atomic E-state index is 0.0895. The van der Waals surface area contributed by atoms with Crippen molar-refractivity contribution in [2.75, 3.05) is 35.0 Å². The summed E-state index contributed by atoms with van der Waals surface area (Å²) in [7, 11) is 5.82. The maximum Gasteiger partial charge on any atom is 0.334 e. The van der Waals surface area contributed by atoms with Crippen molar-refractivity contribution >= 4 is 11.9 Å². The predicted octanol–water partition coefficient (Wildman–Crippen LogP) is 0.861. The van der Waals surface area contributed by atoms with Crippen molar-refractivity contribution in [2.24, 2.45) is 0 Å². The van der Waals surface area contributed by atoms with Crippen LogP contribution in [0, 0.1) is 0 Å². The van der Waals surface area contributed by atoms with Gasteiger partial charge in [-0.25, -0.2) is 4.79 Å². The number of amides is 1. The second kappa shape index (κ2) is 9.61. The number of aryl methyl sites for hydroxylation is 1. The third-order valence-electron chi connectivity index (χ3n) is 3.45. The molecule has 1 aromatic rings. The first-order valence-electron chi connectivity index (χ1n) is 7.28. The number of methoxy groups -OCH3 is 4. The fourth-order valence-corrected chi connectivity index (χ4v) is 2.17. The molecule has 134 valence electrons. The molecule has 8 nitrogen and oxygen atoms in total. The number of nitrogens with one attached hydrogen (secondary N) is 1. The van der Waals surface area contributed by atoms with Crippen LogP contribution in [-0.4, -0.2) is 58.1 Å². The second-order valence-electron chi connectivity index (χ2n) is 4.86. The summed E-state index contributed by atoms with van der Waals surface area (Å²) < 4.78 is 20.6. The van der Waals surface area contributed by atoms with Crippen LogP contribution in [0.4, 0.5) is 0 Å². The van der Waals surface area contributed by atoms with Crippen molar-refractivity contribution in [1.82, 2.24) is 5.32 Å². The maximum atomic E-state index is 11.9. The summed E-state index contributed by atoms with van der Waals surface area (Å²) in [5.41, 5.74) is 0.784. The SMILES string of the molecule is COc1ccc(CCC(=O)NCC(OC)C(=O)O)c(OC)c1OC. The lowest BCUT2D eigenvalue weighted by Gasteiger charge is -2.16. The van der Waals surface area contributed by atoms with Gasteiger partial charge < -0.3 is 29.4 Å². The van der Waals surface area contributed by atoms with Gasteiger partial charge in [0, 0.05) is 13.5 Å². The molecule has 0 aromatic heterocycles. The summed E-state index contributed by atoms with van der Waals surface area (Å²) in [4.78, 5) is 22.7. The Morgan fingerprint density at radius 3 is 2.25 bits per heavy atom. The van der Waals surface area contributed by atoms with Gasteiger partial charge in [0.2, 0.25) is 11.7 Å². The van der Waals surface area contributed by atoms with E-state index in [0.717, 1.165) is 5.56 Å². The van der Waals surface area contributed by atoms with Crippen LogP contribution in [0.15, 0.2) is 12.1 Å². The van der Waals surface area contributed by atoms with E-state index in [9.17, 15) is 9.59 Å². The van der Waals surface area contributed by atoms with Gasteiger partial charge in [0.05, 0.1) is 27.9 Å². The Labute approximate surface area is 140 Å². The van der Waals surface area contributed by atoms with E-state index in [2.05, 4.69) is 5.32 Å². The van der Waals surface area contributed by atoms with Crippen molar-refractivity contribution in [3.8, 4) is 17.2 Å². The molecule has 0 aliphatic carbocycles. The average Bonchev–Trinajstić information content (AvgIpc) is 2.58. The highest BCUT2D eigenvalue weighted by Gasteiger charge is 2.19. The Morgan fingerprint density at radius 1 is 1.08 bits per heavy atom. The van der Waals surface area contributed by atoms with Crippen LogP contribution in [0.25, 0.3) is 0 Å². The summed E-state index contributed by atoms with van der Waals surface area (Å²) in [6.45, 7) is -0.0895. The van der Waals surface area contributed by atoms with E-state index in [-0.39, 0.29) is 18.9 Å². The molecule has 0 aliphatic rings. The Bertz CT molecular complexity index is 574. The number of carboxylic acid groups (broad SMARTS) is 1. The van der Waals surface area contributed by atoms with Gasteiger partial charge in [-0.1, -0.05) is 6.07 Å². The molecule has 1 atom stereocenters. The lowest BCUT2D eigenvalue weighted by molar-refractivity contribution is -0.148. The Kier molecular flexibility index (Phi) is 7.84. The van der Waals surface area contributed by atoms with Gasteiger partial charge in [-0.2, -0.15) is 0 Å². The molecule has 0 spiro atoms. The van der Waals surface area contributed by atoms with E-state index in [1.807, 2.05) is 0 Å². The van der Waals surface area contributed by atoms with E-state index in [1.165, 1.54) is 28.4 Å². The number of carbonyl (C=O) groups excluding carboxylic acids is 1. The molecule has 1 unspecified atom stereocenters. The summed E-state index contributed by atoms with van der Waals surface area (Å²) in [5.74, 6) is 0.0923. The van der Waals surface area contributed by atoms with Gasteiger partial charge in [0.1, 0.15) is 0 Å². The molecule has 8 heteroatoms. The van der Waals surface area contributed by atoms with Crippen molar-refractivity contribution in [3.05, 3.63) is 17.7 Å². The van der Waals surface area contributed by atoms with E-state index < -0.39 is 12.1 Å². The van der Waals surface area contributed by atoms with Gasteiger partial charge in [0.15, 0.2) is 17.6 Å². The van der Waals surface area contributed by atoms with Crippen LogP contribution in [0.1, 0.15) is 12.0 Å². The Balaban J connectivity index is 2.70. The zero-order valence-corrected chi connectivity index (χ0v) is 14.3. The fourth-order valence-electron chi connectivity index (χ4n) is 2.17. The quantitative estimate of drug-likeness (QED) is 0.650. The standard InChI is InChI=1S/C16H23NO7/c1-21-11-7-5-10(14(23-3)15(11)24-4)6-8-13(18)17-9-12(22-2)16(19)20/h5,7,12H,6,8-9H2,1-4H3,(H,17,18)(H,19,20). The Morgan fingerprint density at radius 2 is 1.75 bits per heavy atom. The number of hydrogen-bond donors (Lipinski definition) is 2. The zero-order valence-electron chi connectivity index (χ0n) is 14.3. The smallest absolute Gasteiger partial charge is 0.334 e. The first kappa shape index (κ1) is 19.6. The molecular weight excluding hydrogens is 318 g/mol. The molecule has 0 aliphatic heterocycles. The van der Waals surface area contributed by atoms with Crippen LogP contribution < -0.4 is 19.5 Å². The van der Waals surface area contributed by atoms with Gasteiger partial charge in [-0.3, -0.25) is 4.79 Å². The first-order chi connectivity index (χ1) is 11.5. The molecule has 2 N–H and O–H groups in total. The van der Waals surface area contributed by atoms with Gasteiger partial charge in [-0.15, -0.1) is 0 Å². The molecule has 0 bridgehead atoms. The van der Waals surface area contributed by atoms with Crippen LogP contribution in [0.5, 0.6) is 17.2 Å². The fraction of sp³-hybridized carbons (Fsp3) is 0.500. The van der Waals surface area contributed by atoms with E-state index in [0.29, 0.717) is 23.7 Å². The summed E-state index contributed by atoms with van der Waals surface area (Å²) >= 11 is 0. The maximum absolute atomic E-state index is 11.9. The number of carboxylic acids is 1. The zero-order chi connectivity index (χ0) is 18.1. The lowest BCUT2D eigenvalue weighted by Crippen LogP contribution is -2.37. The normalized spacial score (nSPS) is 11.5. The summed E-state index contributed by atoms with van der Waals surface area (Å²) in [5, 5.41) is 11.4. The topological polar surface area (TPSA) is 103 Å². The van der Waals surface area contributed by atoms with Crippen LogP contribution in [-0.2, 0) is 20.7 Å². The third-order valence-corrected chi connectivity index (χ3v) is 3.45. The Hall–Kier alpha value is -2.48. The molecule has 0 radical (unpaired) electrons. The molecular formula is C16H23NO7. The van der Waals surface area contributed by atoms with Crippen LogP contribution >= 0.6 is 0 Å². The van der Waals surface area contributed by atoms with Gasteiger partial charge in [-0.05, 0) is 18.1 Å². The molecule has 0 saturated heterocycles. The molecule has 24 heavy (non-hydrogen) atoms. The molecule has 0 heterocycles. The highest BCUT2D eigenvalue weighted by Crippen LogP contribution is 2.40. The molecule has 1 amide bonds. The highest BCUT2D eigenvalue weighted by molar-refractivity contribution is 5.78. The lowest BCUT2D eigenvalue weighted by atomic mass is 10.1. The second-order valence-corrected chi connectivity index (χ2v) is 4.86. The number of aliphatic carboxylic acids is 1. The monoisotopic (exact) mass is 341 g/mol. The van der Waals surface area contributed by atoms with E-state index in [4.69, 9.17) is 24.1 Å². The largest absolute Gasteiger partial charge is 0.493 e. The van der Waals surface area contributed by atoms with Crippen molar-refractivity contribution in [2.45, 2.75) is 18.9 Å². The van der Waals surface area contributed by atoms with Gasteiger partial charge in [0.25, 0.3) is 0 Å². The number of hydrogen-bond acceptors (Lipinski definition) is 6. The average molecular weight is 341 g/mol. The van der Waals surface area contributed by atoms with E-state index in [1.54, 1.807) is 12.1 Å². The van der Waals surface area contributed by atoms with Crippen LogP contribution in [0.3, 0.4) is 0 Å². The number of carbonyl (C=O) groups is 2. The van der Waals surface area contributed by atoms with Crippen molar-refractivity contribution in [1.29, 1.82) is 0 Å². The molecule has 0 saturated carbocycles. The van der Waals surface area contributed by atoms with Gasteiger partial charge >= 0.3 is 5.97 Å². The highest BCUT2D eigenvalue weighted by atomic mass is 16.5. The number of ether oxygens (including phenoxy) is 4. The predicted molar refractivity (Wildman–Crippen MR) is 85.9 cm³/mol. The van der Waals surface area contributed by atoms with E-state index >= 15 is 0 Å². The molecule has 1 aromatic carbocycles. The summed E-state index contributed by atoms with van der Waals surface area (Å²) in [6.07, 6.45) is -0.494. The number of rotatable bonds is 10.